The highest BCUT2D eigenvalue weighted by molar-refractivity contribution is 7.98. The molecule has 0 unspecified atom stereocenters. The highest BCUT2D eigenvalue weighted by Crippen LogP contribution is 2.33. The first-order valence-corrected chi connectivity index (χ1v) is 10.7. The molecular formula is C23H19N5O2S. The number of thioether (sulfide) groups is 1. The predicted molar refractivity (Wildman–Crippen MR) is 121 cm³/mol. The van der Waals surface area contributed by atoms with Gasteiger partial charge >= 0.3 is 0 Å². The molecular weight excluding hydrogens is 410 g/mol. The molecule has 5 aromatic rings. The van der Waals surface area contributed by atoms with E-state index in [1.807, 2.05) is 42.5 Å². The number of pyridine rings is 1. The minimum atomic E-state index is 0.623. The summed E-state index contributed by atoms with van der Waals surface area (Å²) in [4.78, 5) is 4.92. The summed E-state index contributed by atoms with van der Waals surface area (Å²) < 4.78 is 12.5. The van der Waals surface area contributed by atoms with E-state index in [1.54, 1.807) is 18.9 Å². The van der Waals surface area contributed by atoms with Crippen LogP contribution in [0.5, 0.6) is 11.5 Å². The van der Waals surface area contributed by atoms with E-state index in [4.69, 9.17) is 14.5 Å². The summed E-state index contributed by atoms with van der Waals surface area (Å²) in [5.41, 5.74) is 2.68. The minimum Gasteiger partial charge on any atom is -0.497 e. The lowest BCUT2D eigenvalue weighted by molar-refractivity contribution is 0.399. The molecule has 8 heteroatoms. The fourth-order valence-electron chi connectivity index (χ4n) is 3.60. The third-order valence-electron chi connectivity index (χ3n) is 5.08. The molecule has 2 aromatic heterocycles. The van der Waals surface area contributed by atoms with Gasteiger partial charge in [-0.2, -0.15) is 4.68 Å². The number of benzene rings is 3. The fourth-order valence-corrected chi connectivity index (χ4v) is 4.44. The van der Waals surface area contributed by atoms with Crippen molar-refractivity contribution in [3.63, 3.8) is 0 Å². The average Bonchev–Trinajstić information content (AvgIpc) is 3.30. The van der Waals surface area contributed by atoms with Crippen LogP contribution in [0.15, 0.2) is 71.9 Å². The second kappa shape index (κ2) is 8.23. The van der Waals surface area contributed by atoms with Crippen LogP contribution < -0.4 is 9.47 Å². The SMILES string of the molecule is COc1ccc(OC)c(-n2nnnc2SCc2nc3ccccc3c3ccccc23)c1. The second-order valence-corrected chi connectivity index (χ2v) is 7.76. The van der Waals surface area contributed by atoms with E-state index >= 15 is 0 Å². The highest BCUT2D eigenvalue weighted by atomic mass is 32.2. The first kappa shape index (κ1) is 19.3. The molecule has 0 saturated heterocycles. The van der Waals surface area contributed by atoms with Gasteiger partial charge in [0.25, 0.3) is 0 Å². The van der Waals surface area contributed by atoms with Gasteiger partial charge in [-0.3, -0.25) is 4.98 Å². The van der Waals surface area contributed by atoms with E-state index < -0.39 is 0 Å². The van der Waals surface area contributed by atoms with Crippen LogP contribution in [0.2, 0.25) is 0 Å². The minimum absolute atomic E-state index is 0.623. The summed E-state index contributed by atoms with van der Waals surface area (Å²) in [6.45, 7) is 0. The first-order chi connectivity index (χ1) is 15.3. The normalized spacial score (nSPS) is 11.2. The number of rotatable bonds is 6. The number of tetrazole rings is 1. The lowest BCUT2D eigenvalue weighted by Gasteiger charge is -2.12. The summed E-state index contributed by atoms with van der Waals surface area (Å²) in [5.74, 6) is 1.98. The molecule has 0 aliphatic heterocycles. The van der Waals surface area contributed by atoms with Crippen molar-refractivity contribution in [2.75, 3.05) is 14.2 Å². The van der Waals surface area contributed by atoms with E-state index in [0.717, 1.165) is 22.0 Å². The Hall–Kier alpha value is -3.65. The predicted octanol–water partition coefficient (Wildman–Crippen LogP) is 4.67. The molecule has 0 aliphatic carbocycles. The van der Waals surface area contributed by atoms with Crippen LogP contribution in [0, 0.1) is 0 Å². The van der Waals surface area contributed by atoms with Crippen molar-refractivity contribution in [1.29, 1.82) is 0 Å². The molecule has 3 aromatic carbocycles. The number of nitrogens with zero attached hydrogens (tertiary/aromatic N) is 5. The molecule has 0 saturated carbocycles. The molecule has 0 aliphatic rings. The van der Waals surface area contributed by atoms with Crippen LogP contribution in [0.4, 0.5) is 0 Å². The van der Waals surface area contributed by atoms with Crippen LogP contribution in [0.3, 0.4) is 0 Å². The van der Waals surface area contributed by atoms with Crippen LogP contribution >= 0.6 is 11.8 Å². The zero-order chi connectivity index (χ0) is 21.2. The van der Waals surface area contributed by atoms with Crippen LogP contribution in [-0.4, -0.2) is 39.4 Å². The molecule has 0 bridgehead atoms. The van der Waals surface area contributed by atoms with Gasteiger partial charge in [-0.15, -0.1) is 5.10 Å². The Bertz CT molecular complexity index is 1390. The number of ether oxygens (including phenoxy) is 2. The van der Waals surface area contributed by atoms with Gasteiger partial charge in [0.1, 0.15) is 17.2 Å². The Kier molecular flexibility index (Phi) is 5.13. The standard InChI is InChI=1S/C23H19N5O2S/c1-29-15-11-12-22(30-2)21(13-15)28-23(25-26-27-28)31-14-20-18-9-4-3-7-16(18)17-8-5-6-10-19(17)24-20/h3-13H,14H2,1-2H3. The summed E-state index contributed by atoms with van der Waals surface area (Å²) in [5, 5.41) is 16.4. The first-order valence-electron chi connectivity index (χ1n) is 9.68. The zero-order valence-electron chi connectivity index (χ0n) is 17.0. The second-order valence-electron chi connectivity index (χ2n) is 6.82. The van der Waals surface area contributed by atoms with Gasteiger partial charge in [-0.25, -0.2) is 0 Å². The zero-order valence-corrected chi connectivity index (χ0v) is 17.8. The Morgan fingerprint density at radius 2 is 1.65 bits per heavy atom. The molecule has 2 heterocycles. The largest absolute Gasteiger partial charge is 0.497 e. The third-order valence-corrected chi connectivity index (χ3v) is 6.01. The van der Waals surface area contributed by atoms with E-state index in [0.29, 0.717) is 28.1 Å². The van der Waals surface area contributed by atoms with Crippen molar-refractivity contribution >= 4 is 33.4 Å². The summed E-state index contributed by atoms with van der Waals surface area (Å²) in [6.07, 6.45) is 0. The van der Waals surface area contributed by atoms with Crippen molar-refractivity contribution in [2.45, 2.75) is 10.9 Å². The molecule has 0 N–H and O–H groups in total. The van der Waals surface area contributed by atoms with Crippen LogP contribution in [0.25, 0.3) is 27.4 Å². The van der Waals surface area contributed by atoms with E-state index in [1.165, 1.54) is 17.1 Å². The van der Waals surface area contributed by atoms with Crippen LogP contribution in [0.1, 0.15) is 5.69 Å². The number of hydrogen-bond donors (Lipinski definition) is 0. The molecule has 154 valence electrons. The van der Waals surface area contributed by atoms with Gasteiger partial charge < -0.3 is 9.47 Å². The number of fused-ring (bicyclic) bond motifs is 3. The van der Waals surface area contributed by atoms with Crippen LogP contribution in [-0.2, 0) is 5.75 Å². The molecule has 31 heavy (non-hydrogen) atoms. The topological polar surface area (TPSA) is 75.0 Å². The van der Waals surface area contributed by atoms with Gasteiger partial charge in [-0.1, -0.05) is 54.2 Å². The maximum Gasteiger partial charge on any atom is 0.214 e. The quantitative estimate of drug-likeness (QED) is 0.287. The lowest BCUT2D eigenvalue weighted by atomic mass is 10.0. The average molecular weight is 430 g/mol. The maximum absolute atomic E-state index is 5.50. The molecule has 0 fully saturated rings. The van der Waals surface area contributed by atoms with Crippen molar-refractivity contribution in [3.8, 4) is 17.2 Å². The summed E-state index contributed by atoms with van der Waals surface area (Å²) >= 11 is 1.53. The monoisotopic (exact) mass is 429 g/mol. The Morgan fingerprint density at radius 1 is 0.871 bits per heavy atom. The van der Waals surface area contributed by atoms with E-state index in [9.17, 15) is 0 Å². The van der Waals surface area contributed by atoms with Gasteiger partial charge in [-0.05, 0) is 34.0 Å². The fraction of sp³-hybridized carbons (Fsp3) is 0.130. The summed E-state index contributed by atoms with van der Waals surface area (Å²) in [6, 6.07) is 22.1. The lowest BCUT2D eigenvalue weighted by Crippen LogP contribution is -2.03. The molecule has 5 rings (SSSR count). The third kappa shape index (κ3) is 3.55. The summed E-state index contributed by atoms with van der Waals surface area (Å²) in [7, 11) is 3.24. The number of para-hydroxylation sites is 1. The highest BCUT2D eigenvalue weighted by Gasteiger charge is 2.16. The smallest absolute Gasteiger partial charge is 0.214 e. The van der Waals surface area contributed by atoms with Gasteiger partial charge in [0.15, 0.2) is 0 Å². The van der Waals surface area contributed by atoms with Crippen molar-refractivity contribution < 1.29 is 9.47 Å². The van der Waals surface area contributed by atoms with Crippen molar-refractivity contribution in [2.24, 2.45) is 0 Å². The van der Waals surface area contributed by atoms with E-state index in [2.05, 4.69) is 39.8 Å². The molecule has 0 spiro atoms. The molecule has 7 nitrogen and oxygen atoms in total. The van der Waals surface area contributed by atoms with Gasteiger partial charge in [0, 0.05) is 22.6 Å². The van der Waals surface area contributed by atoms with E-state index in [-0.39, 0.29) is 0 Å². The maximum atomic E-state index is 5.50. The molecule has 0 radical (unpaired) electrons. The van der Waals surface area contributed by atoms with Crippen molar-refractivity contribution in [3.05, 3.63) is 72.4 Å². The Labute approximate surface area is 183 Å². The molecule has 0 atom stereocenters. The van der Waals surface area contributed by atoms with Gasteiger partial charge in [0.2, 0.25) is 5.16 Å². The number of hydrogen-bond acceptors (Lipinski definition) is 7. The van der Waals surface area contributed by atoms with Crippen molar-refractivity contribution in [1.82, 2.24) is 25.2 Å². The van der Waals surface area contributed by atoms with Gasteiger partial charge in [0.05, 0.1) is 25.4 Å². The Morgan fingerprint density at radius 3 is 2.45 bits per heavy atom. The Balaban J connectivity index is 1.53. The number of methoxy groups -OCH3 is 2. The molecule has 0 amide bonds. The number of aromatic nitrogens is 5.